The van der Waals surface area contributed by atoms with Crippen LogP contribution in [-0.4, -0.2) is 44.7 Å². The summed E-state index contributed by atoms with van der Waals surface area (Å²) in [4.78, 5) is 0. The molecule has 5 heteroatoms. The van der Waals surface area contributed by atoms with Gasteiger partial charge >= 0.3 is 0 Å². The molecule has 1 fully saturated rings. The lowest BCUT2D eigenvalue weighted by Crippen LogP contribution is -2.37. The van der Waals surface area contributed by atoms with E-state index in [0.717, 1.165) is 18.4 Å². The van der Waals surface area contributed by atoms with Crippen molar-refractivity contribution in [3.8, 4) is 17.2 Å². The zero-order chi connectivity index (χ0) is 15.7. The van der Waals surface area contributed by atoms with Crippen molar-refractivity contribution in [3.63, 3.8) is 0 Å². The zero-order valence-electron chi connectivity index (χ0n) is 13.2. The van der Waals surface area contributed by atoms with Gasteiger partial charge in [0.2, 0.25) is 5.75 Å². The molecule has 1 aromatic carbocycles. The number of hydrogen-bond acceptors (Lipinski definition) is 5. The van der Waals surface area contributed by atoms with Gasteiger partial charge in [0.1, 0.15) is 5.60 Å². The van der Waals surface area contributed by atoms with Gasteiger partial charge in [0, 0.05) is 5.92 Å². The summed E-state index contributed by atoms with van der Waals surface area (Å²) < 4.78 is 22.3. The van der Waals surface area contributed by atoms with Gasteiger partial charge in [-0.15, -0.1) is 0 Å². The zero-order valence-corrected chi connectivity index (χ0v) is 13.2. The first-order valence-corrected chi connectivity index (χ1v) is 7.43. The second kappa shape index (κ2) is 5.82. The van der Waals surface area contributed by atoms with Crippen molar-refractivity contribution in [2.24, 2.45) is 0 Å². The Morgan fingerprint density at radius 2 is 1.86 bits per heavy atom. The van der Waals surface area contributed by atoms with E-state index in [1.54, 1.807) is 21.3 Å². The van der Waals surface area contributed by atoms with Crippen molar-refractivity contribution in [1.29, 1.82) is 0 Å². The minimum Gasteiger partial charge on any atom is -0.493 e. The third-order valence-electron chi connectivity index (χ3n) is 4.61. The van der Waals surface area contributed by atoms with E-state index in [4.69, 9.17) is 18.9 Å². The van der Waals surface area contributed by atoms with E-state index in [-0.39, 0.29) is 18.6 Å². The lowest BCUT2D eigenvalue weighted by atomic mass is 9.82. The molecule has 5 nitrogen and oxygen atoms in total. The first kappa shape index (κ1) is 15.2. The Kier molecular flexibility index (Phi) is 4.02. The summed E-state index contributed by atoms with van der Waals surface area (Å²) in [6.07, 6.45) is 6.00. The van der Waals surface area contributed by atoms with E-state index < -0.39 is 5.60 Å². The largest absolute Gasteiger partial charge is 0.493 e. The summed E-state index contributed by atoms with van der Waals surface area (Å²) in [5, 5.41) is 9.89. The molecule has 0 spiro atoms. The molecule has 2 aliphatic heterocycles. The van der Waals surface area contributed by atoms with Crippen molar-refractivity contribution >= 4 is 0 Å². The van der Waals surface area contributed by atoms with Gasteiger partial charge in [-0.25, -0.2) is 0 Å². The number of methoxy groups -OCH3 is 3. The summed E-state index contributed by atoms with van der Waals surface area (Å²) in [5.41, 5.74) is 0.380. The maximum absolute atomic E-state index is 9.89. The van der Waals surface area contributed by atoms with Gasteiger partial charge in [-0.3, -0.25) is 0 Å². The number of benzene rings is 1. The minimum atomic E-state index is -0.645. The Hall–Kier alpha value is -1.72. The Bertz CT molecular complexity index is 557. The summed E-state index contributed by atoms with van der Waals surface area (Å²) in [6, 6.07) is 3.89. The van der Waals surface area contributed by atoms with Crippen LogP contribution in [0.4, 0.5) is 0 Å². The lowest BCUT2D eigenvalue weighted by Gasteiger charge is -2.32. The second-order valence-electron chi connectivity index (χ2n) is 5.74. The van der Waals surface area contributed by atoms with Crippen LogP contribution in [0.25, 0.3) is 0 Å². The molecule has 0 radical (unpaired) electrons. The molecular weight excluding hydrogens is 284 g/mol. The SMILES string of the molecule is COc1cc([C@@H]2C[C@@H]3CC=C[C@@]2(CO)O3)cc(OC)c1OC. The van der Waals surface area contributed by atoms with Gasteiger partial charge in [-0.05, 0) is 30.5 Å². The molecule has 0 unspecified atom stereocenters. The molecule has 2 aliphatic rings. The fraction of sp³-hybridized carbons (Fsp3) is 0.529. The van der Waals surface area contributed by atoms with E-state index in [1.807, 2.05) is 18.2 Å². The Balaban J connectivity index is 2.06. The average Bonchev–Trinajstić information content (AvgIpc) is 2.84. The highest BCUT2D eigenvalue weighted by molar-refractivity contribution is 5.55. The van der Waals surface area contributed by atoms with Crippen LogP contribution >= 0.6 is 0 Å². The molecule has 0 saturated carbocycles. The van der Waals surface area contributed by atoms with Crippen molar-refractivity contribution in [1.82, 2.24) is 0 Å². The van der Waals surface area contributed by atoms with Gasteiger partial charge in [0.25, 0.3) is 0 Å². The molecular formula is C17H22O5. The molecule has 2 bridgehead atoms. The molecule has 3 atom stereocenters. The van der Waals surface area contributed by atoms with Crippen molar-refractivity contribution < 1.29 is 24.1 Å². The van der Waals surface area contributed by atoms with Gasteiger partial charge < -0.3 is 24.1 Å². The summed E-state index contributed by atoms with van der Waals surface area (Å²) >= 11 is 0. The van der Waals surface area contributed by atoms with Crippen LogP contribution < -0.4 is 14.2 Å². The fourth-order valence-corrected chi connectivity index (χ4v) is 3.54. The minimum absolute atomic E-state index is 0.0404. The highest BCUT2D eigenvalue weighted by Gasteiger charge is 2.49. The van der Waals surface area contributed by atoms with Crippen LogP contribution in [0.5, 0.6) is 17.2 Å². The Morgan fingerprint density at radius 3 is 2.41 bits per heavy atom. The number of hydrogen-bond donors (Lipinski definition) is 1. The van der Waals surface area contributed by atoms with E-state index in [0.29, 0.717) is 17.2 Å². The van der Waals surface area contributed by atoms with Gasteiger partial charge in [0.05, 0.1) is 34.0 Å². The van der Waals surface area contributed by atoms with Crippen LogP contribution in [0, 0.1) is 0 Å². The monoisotopic (exact) mass is 306 g/mol. The lowest BCUT2D eigenvalue weighted by molar-refractivity contribution is -0.0527. The molecule has 2 heterocycles. The van der Waals surface area contributed by atoms with Crippen LogP contribution in [-0.2, 0) is 4.74 Å². The topological polar surface area (TPSA) is 57.2 Å². The standard InChI is InChI=1S/C17H22O5/c1-19-14-7-11(8-15(20-2)16(14)21-3)13-9-12-5-4-6-17(13,10-18)22-12/h4,6-8,12-13,18H,5,9-10H2,1-3H3/t12-,13-,17-/m0/s1. The van der Waals surface area contributed by atoms with Crippen LogP contribution in [0.3, 0.4) is 0 Å². The molecule has 1 saturated heterocycles. The molecule has 1 N–H and O–H groups in total. The third-order valence-corrected chi connectivity index (χ3v) is 4.61. The van der Waals surface area contributed by atoms with Crippen LogP contribution in [0.2, 0.25) is 0 Å². The summed E-state index contributed by atoms with van der Waals surface area (Å²) in [7, 11) is 4.79. The summed E-state index contributed by atoms with van der Waals surface area (Å²) in [6.45, 7) is -0.0404. The number of ether oxygens (including phenoxy) is 4. The third kappa shape index (κ3) is 2.25. The predicted octanol–water partition coefficient (Wildman–Crippen LogP) is 2.28. The van der Waals surface area contributed by atoms with E-state index in [9.17, 15) is 5.11 Å². The first-order chi connectivity index (χ1) is 10.7. The Morgan fingerprint density at radius 1 is 1.18 bits per heavy atom. The molecule has 1 aromatic rings. The summed E-state index contributed by atoms with van der Waals surface area (Å²) in [5.74, 6) is 1.88. The van der Waals surface area contributed by atoms with Crippen molar-refractivity contribution in [2.75, 3.05) is 27.9 Å². The maximum atomic E-state index is 9.89. The number of aliphatic hydroxyl groups is 1. The van der Waals surface area contributed by atoms with Crippen molar-refractivity contribution in [3.05, 3.63) is 29.8 Å². The van der Waals surface area contributed by atoms with E-state index in [1.165, 1.54) is 0 Å². The molecule has 0 aliphatic carbocycles. The molecule has 0 aromatic heterocycles. The Labute approximate surface area is 130 Å². The number of rotatable bonds is 5. The second-order valence-corrected chi connectivity index (χ2v) is 5.74. The van der Waals surface area contributed by atoms with Crippen LogP contribution in [0.1, 0.15) is 24.3 Å². The van der Waals surface area contributed by atoms with Gasteiger partial charge in [-0.1, -0.05) is 12.2 Å². The quantitative estimate of drug-likeness (QED) is 0.846. The molecule has 0 amide bonds. The fourth-order valence-electron chi connectivity index (χ4n) is 3.54. The molecule has 22 heavy (non-hydrogen) atoms. The predicted molar refractivity (Wildman–Crippen MR) is 81.9 cm³/mol. The molecule has 3 rings (SSSR count). The highest BCUT2D eigenvalue weighted by atomic mass is 16.5. The maximum Gasteiger partial charge on any atom is 0.203 e. The first-order valence-electron chi connectivity index (χ1n) is 7.43. The van der Waals surface area contributed by atoms with E-state index in [2.05, 4.69) is 6.08 Å². The highest BCUT2D eigenvalue weighted by Crippen LogP contribution is 2.50. The van der Waals surface area contributed by atoms with Crippen LogP contribution in [0.15, 0.2) is 24.3 Å². The number of aliphatic hydroxyl groups excluding tert-OH is 1. The normalized spacial score (nSPS) is 29.5. The van der Waals surface area contributed by atoms with Gasteiger partial charge in [-0.2, -0.15) is 0 Å². The average molecular weight is 306 g/mol. The van der Waals surface area contributed by atoms with Gasteiger partial charge in [0.15, 0.2) is 11.5 Å². The van der Waals surface area contributed by atoms with E-state index >= 15 is 0 Å². The molecule has 120 valence electrons. The number of fused-ring (bicyclic) bond motifs is 2. The smallest absolute Gasteiger partial charge is 0.203 e. The van der Waals surface area contributed by atoms with Crippen molar-refractivity contribution in [2.45, 2.75) is 30.5 Å².